The molecule has 3 aliphatic carbocycles. The summed E-state index contributed by atoms with van der Waals surface area (Å²) in [5, 5.41) is 20.9. The third-order valence-corrected chi connectivity index (χ3v) is 20.2. The Labute approximate surface area is 600 Å². The van der Waals surface area contributed by atoms with Gasteiger partial charge in [-0.05, 0) is 207 Å². The number of carbonyl (C=O) groups is 8. The Hall–Kier alpha value is -9.61. The number of carbonyl (C=O) groups excluding carboxylic acids is 7. The van der Waals surface area contributed by atoms with Crippen molar-refractivity contribution in [3.63, 3.8) is 0 Å². The molecule has 3 saturated carbocycles. The van der Waals surface area contributed by atoms with Gasteiger partial charge in [-0.1, -0.05) is 107 Å². The highest BCUT2D eigenvalue weighted by molar-refractivity contribution is 6.01. The van der Waals surface area contributed by atoms with Crippen LogP contribution in [-0.2, 0) is 51.3 Å². The summed E-state index contributed by atoms with van der Waals surface area (Å²) in [7, 11) is 4.33. The van der Waals surface area contributed by atoms with E-state index < -0.39 is 47.5 Å². The lowest BCUT2D eigenvalue weighted by atomic mass is 9.87. The van der Waals surface area contributed by atoms with Crippen molar-refractivity contribution in [1.82, 2.24) is 10.2 Å². The molecule has 0 aromatic heterocycles. The minimum atomic E-state index is -1.19. The normalized spacial score (nSPS) is 17.3. The number of amides is 2. The van der Waals surface area contributed by atoms with E-state index in [4.69, 9.17) is 36.5 Å². The zero-order valence-corrected chi connectivity index (χ0v) is 61.4. The van der Waals surface area contributed by atoms with Crippen LogP contribution in [0.4, 0.5) is 0 Å². The van der Waals surface area contributed by atoms with Crippen molar-refractivity contribution in [2.45, 2.75) is 168 Å². The molecule has 6 aromatic carbocycles. The lowest BCUT2D eigenvalue weighted by Gasteiger charge is -2.32. The molecule has 0 radical (unpaired) electrons. The molecule has 0 spiro atoms. The number of nitrogens with zero attached hydrogens (tertiary/aromatic N) is 2. The number of nitrogens with two attached hydrogens (primary N) is 3. The van der Waals surface area contributed by atoms with Crippen LogP contribution in [0.1, 0.15) is 208 Å². The molecular weight excluding hydrogens is 1290 g/mol. The summed E-state index contributed by atoms with van der Waals surface area (Å²) < 4.78 is 21.6. The zero-order chi connectivity index (χ0) is 75.0. The molecule has 6 aromatic rings. The Morgan fingerprint density at radius 3 is 1.56 bits per heavy atom. The molecule has 0 saturated heterocycles. The van der Waals surface area contributed by atoms with Crippen molar-refractivity contribution in [2.24, 2.45) is 29.0 Å². The molecule has 1 heterocycles. The molecule has 19 heteroatoms. The number of esters is 2. The van der Waals surface area contributed by atoms with Crippen molar-refractivity contribution >= 4 is 52.6 Å². The van der Waals surface area contributed by atoms with Crippen LogP contribution in [-0.4, -0.2) is 117 Å². The maximum Gasteiger partial charge on any atom is 0.338 e. The molecule has 102 heavy (non-hydrogen) atoms. The van der Waals surface area contributed by atoms with Gasteiger partial charge in [0.1, 0.15) is 30.8 Å². The number of hydrogen-bond acceptors (Lipinski definition) is 16. The van der Waals surface area contributed by atoms with Gasteiger partial charge in [-0.15, -0.1) is 0 Å². The topological polar surface area (TPSA) is 311 Å². The Morgan fingerprint density at radius 1 is 0.647 bits per heavy atom. The predicted octanol–water partition coefficient (Wildman–Crippen LogP) is 13.0. The number of aromatic carboxylic acids is 1. The average molecular weight is 1390 g/mol. The number of nitriles is 1. The smallest absolute Gasteiger partial charge is 0.338 e. The maximum atomic E-state index is 14.6. The zero-order valence-electron chi connectivity index (χ0n) is 61.4. The average Bonchev–Trinajstić information content (AvgIpc) is 1.48. The first-order valence-corrected chi connectivity index (χ1v) is 35.1. The number of nitrogens with one attached hydrogen (secondary N) is 1. The number of likely N-dealkylation sites (N-methyl/N-ethyl adjacent to an activating group) is 1. The van der Waals surface area contributed by atoms with Gasteiger partial charge in [-0.3, -0.25) is 24.0 Å². The van der Waals surface area contributed by atoms with E-state index in [2.05, 4.69) is 49.5 Å². The minimum absolute atomic E-state index is 0.0187. The number of allylic oxidation sites excluding steroid dienone is 1. The van der Waals surface area contributed by atoms with E-state index in [1.54, 1.807) is 49.4 Å². The molecule has 3 fully saturated rings. The van der Waals surface area contributed by atoms with E-state index in [1.165, 1.54) is 68.5 Å². The van der Waals surface area contributed by atoms with Crippen LogP contribution in [0.2, 0.25) is 0 Å². The van der Waals surface area contributed by atoms with Crippen molar-refractivity contribution in [3.05, 3.63) is 194 Å². The Bertz CT molecular complexity index is 4160. The van der Waals surface area contributed by atoms with Crippen LogP contribution in [0.15, 0.2) is 116 Å². The van der Waals surface area contributed by atoms with Gasteiger partial charge in [0, 0.05) is 74.3 Å². The third-order valence-electron chi connectivity index (χ3n) is 20.2. The van der Waals surface area contributed by atoms with Crippen molar-refractivity contribution < 1.29 is 62.4 Å². The number of hydrogen-bond donors (Lipinski definition) is 5. The number of carboxylic acid groups (broad SMARTS) is 1. The first kappa shape index (κ1) is 79.7. The molecule has 4 atom stereocenters. The van der Waals surface area contributed by atoms with Crippen molar-refractivity contribution in [2.75, 3.05) is 54.1 Å². The van der Waals surface area contributed by atoms with Gasteiger partial charge < -0.3 is 51.5 Å². The largest absolute Gasteiger partial charge is 0.492 e. The Kier molecular flexibility index (Phi) is 27.6. The van der Waals surface area contributed by atoms with E-state index in [9.17, 15) is 43.6 Å². The molecule has 8 N–H and O–H groups in total. The quantitative estimate of drug-likeness (QED) is 0.0294. The van der Waals surface area contributed by atoms with Crippen LogP contribution in [0.5, 0.6) is 11.5 Å². The van der Waals surface area contributed by atoms with Crippen LogP contribution in [0.25, 0.3) is 16.7 Å². The van der Waals surface area contributed by atoms with Crippen LogP contribution < -0.4 is 32.0 Å². The lowest BCUT2D eigenvalue weighted by molar-refractivity contribution is -0.142. The molecule has 1 aliphatic heterocycles. The van der Waals surface area contributed by atoms with Gasteiger partial charge in [0.05, 0.1) is 43.0 Å². The fourth-order valence-electron chi connectivity index (χ4n) is 12.7. The molecule has 4 aliphatic rings. The number of rotatable bonds is 23. The summed E-state index contributed by atoms with van der Waals surface area (Å²) in [5.74, 6) is -4.12. The monoisotopic (exact) mass is 1390 g/mol. The van der Waals surface area contributed by atoms with E-state index in [-0.39, 0.29) is 100 Å². The second kappa shape index (κ2) is 35.3. The predicted molar refractivity (Wildman–Crippen MR) is 396 cm³/mol. The first-order valence-electron chi connectivity index (χ1n) is 35.1. The number of ketones is 3. The molecule has 542 valence electrons. The number of ether oxygens (including phenoxy) is 4. The number of fused-ring (bicyclic) bond motifs is 5. The molecule has 4 bridgehead atoms. The number of benzene rings is 6. The van der Waals surface area contributed by atoms with Gasteiger partial charge in [0.25, 0.3) is 0 Å². The molecule has 19 nitrogen and oxygen atoms in total. The maximum absolute atomic E-state index is 14.6. The van der Waals surface area contributed by atoms with Gasteiger partial charge in [0.2, 0.25) is 11.8 Å². The SMILES string of the molecule is C=C(C)c1ccc(C(=O)OC)c(C)c1.COC(=O)c1ccc(C2(C)CC2)cc1C.Cc1cc(C2(C)CC2)ccc1C(=O)C[C@@H](CCN)C(=O)N(C)[C@@H]1C(=O)C[C@@H](C)C(=O)N[C@H](C(=O)CCC#N)Cc2ccc(OCCN)c(c2)-c2cc1ccc2OCCN.Cc1cc(C2(C)CC2)ccc1C(=O)O. The summed E-state index contributed by atoms with van der Waals surface area (Å²) in [6, 6.07) is 33.6. The number of aryl methyl sites for hydroxylation is 4. The molecular formula is C83H102N6O13. The Morgan fingerprint density at radius 2 is 1.12 bits per heavy atom. The van der Waals surface area contributed by atoms with Crippen LogP contribution >= 0.6 is 0 Å². The standard InChI is InChI=1S/C46H58N6O7.C13H16O2.2C12H14O2/c1-28-22-33(46(3)14-15-46)9-10-34(28)39(54)27-32(13-17-48)45(57)52(4)43-31-8-12-42(59-21-19-50)36(26-31)35-24-30(7-11-41(35)58-20-18-49)25-37(38(53)6-5-16-47)51-44(56)29(2)23-40(43)55;1-9-8-10(13(2)6-7-13)4-5-11(9)12(14)15-3;1-8-7-9(12(2)5-6-12)3-4-10(8)11(13)14;1-8(2)10-5-6-11(9(3)7-10)12(13)14-4/h7-12,22,24,26,29,32,37,43H,5-6,13-15,17-21,23,25,27,48-50H2,1-4H3,(H,51,56);4-5,8H,6-7H2,1-3H3;3-4,7H,5-6H2,1-2H3,(H,13,14);5-7H,1H2,2-4H3/t29-,32-,37+,43+;;;/m1.../s1. The van der Waals surface area contributed by atoms with E-state index in [0.29, 0.717) is 66.8 Å². The van der Waals surface area contributed by atoms with Gasteiger partial charge in [-0.2, -0.15) is 5.26 Å². The van der Waals surface area contributed by atoms with E-state index in [0.717, 1.165) is 46.2 Å². The minimum Gasteiger partial charge on any atom is -0.492 e. The van der Waals surface area contributed by atoms with E-state index >= 15 is 0 Å². The van der Waals surface area contributed by atoms with Gasteiger partial charge >= 0.3 is 17.9 Å². The number of carboxylic acids is 1. The number of Topliss-reactive ketones (excluding diaryl/α,β-unsaturated/α-hetero) is 3. The highest BCUT2D eigenvalue weighted by Crippen LogP contribution is 2.50. The second-order valence-corrected chi connectivity index (χ2v) is 28.4. The van der Waals surface area contributed by atoms with Crippen molar-refractivity contribution in [3.8, 4) is 28.7 Å². The molecule has 10 rings (SSSR count). The summed E-state index contributed by atoms with van der Waals surface area (Å²) in [4.78, 5) is 105. The summed E-state index contributed by atoms with van der Waals surface area (Å²) in [6.07, 6.45) is 7.02. The van der Waals surface area contributed by atoms with E-state index in [1.807, 2.05) is 95.3 Å². The third kappa shape index (κ3) is 20.4. The highest BCUT2D eigenvalue weighted by atomic mass is 16.5. The van der Waals surface area contributed by atoms with Gasteiger partial charge in [0.15, 0.2) is 17.3 Å². The molecule has 0 unspecified atom stereocenters. The van der Waals surface area contributed by atoms with Gasteiger partial charge in [-0.25, -0.2) is 14.4 Å². The van der Waals surface area contributed by atoms with Crippen LogP contribution in [0.3, 0.4) is 0 Å². The second-order valence-electron chi connectivity index (χ2n) is 28.4. The first-order chi connectivity index (χ1) is 48.4. The summed E-state index contributed by atoms with van der Waals surface area (Å²) in [5.41, 5.74) is 32.5. The number of methoxy groups -OCH3 is 2. The summed E-state index contributed by atoms with van der Waals surface area (Å²) in [6.45, 7) is 22.7. The fraction of sp³-hybridized carbons (Fsp3) is 0.434. The lowest BCUT2D eigenvalue weighted by Crippen LogP contribution is -2.46. The Balaban J connectivity index is 0.000000267. The molecule has 2 amide bonds. The highest BCUT2D eigenvalue weighted by Gasteiger charge is 2.42. The van der Waals surface area contributed by atoms with Crippen LogP contribution in [0, 0.1) is 50.9 Å². The summed E-state index contributed by atoms with van der Waals surface area (Å²) >= 11 is 0. The van der Waals surface area contributed by atoms with Crippen molar-refractivity contribution in [1.29, 1.82) is 5.26 Å². The fourth-order valence-corrected chi connectivity index (χ4v) is 12.7.